The lowest BCUT2D eigenvalue weighted by molar-refractivity contribution is -0.137. The molecule has 0 saturated carbocycles. The summed E-state index contributed by atoms with van der Waals surface area (Å²) in [5, 5.41) is 2.04. The molecule has 124 valence electrons. The highest BCUT2D eigenvalue weighted by Gasteiger charge is 2.32. The molecule has 1 aromatic carbocycles. The normalized spacial score (nSPS) is 22.3. The summed E-state index contributed by atoms with van der Waals surface area (Å²) in [7, 11) is 0. The van der Waals surface area contributed by atoms with Gasteiger partial charge in [-0.05, 0) is 48.4 Å². The van der Waals surface area contributed by atoms with Crippen LogP contribution in [0.2, 0.25) is 0 Å². The SMILES string of the molecule is NC1CC(Cc2cccs2)CN(c2cccc(C(F)(F)F)c2)C1. The van der Waals surface area contributed by atoms with Crippen molar-refractivity contribution in [3.8, 4) is 0 Å². The zero-order chi connectivity index (χ0) is 16.4. The molecule has 23 heavy (non-hydrogen) atoms. The minimum atomic E-state index is -4.32. The number of nitrogens with two attached hydrogens (primary N) is 1. The molecule has 2 heterocycles. The quantitative estimate of drug-likeness (QED) is 0.909. The highest BCUT2D eigenvalue weighted by Crippen LogP contribution is 2.33. The minimum Gasteiger partial charge on any atom is -0.370 e. The molecule has 6 heteroatoms. The first-order valence-electron chi connectivity index (χ1n) is 7.62. The standard InChI is InChI=1S/C17H19F3N2S/c18-17(19,20)13-3-1-4-15(9-13)22-10-12(7-14(21)11-22)8-16-5-2-6-23-16/h1-6,9,12,14H,7-8,10-11,21H2. The molecule has 0 amide bonds. The lowest BCUT2D eigenvalue weighted by Crippen LogP contribution is -2.47. The Morgan fingerprint density at radius 3 is 2.70 bits per heavy atom. The molecule has 2 aromatic rings. The molecule has 1 saturated heterocycles. The van der Waals surface area contributed by atoms with Crippen molar-refractivity contribution in [2.45, 2.75) is 25.1 Å². The van der Waals surface area contributed by atoms with Crippen LogP contribution in [0.1, 0.15) is 16.9 Å². The van der Waals surface area contributed by atoms with Crippen LogP contribution in [0.3, 0.4) is 0 Å². The van der Waals surface area contributed by atoms with Crippen LogP contribution in [0.25, 0.3) is 0 Å². The fourth-order valence-electron chi connectivity index (χ4n) is 3.20. The van der Waals surface area contributed by atoms with Crippen LogP contribution < -0.4 is 10.6 Å². The van der Waals surface area contributed by atoms with Crippen molar-refractivity contribution in [3.63, 3.8) is 0 Å². The van der Waals surface area contributed by atoms with Gasteiger partial charge in [0, 0.05) is 29.7 Å². The summed E-state index contributed by atoms with van der Waals surface area (Å²) in [6, 6.07) is 9.63. The number of nitrogens with zero attached hydrogens (tertiary/aromatic N) is 1. The van der Waals surface area contributed by atoms with Crippen molar-refractivity contribution in [3.05, 3.63) is 52.2 Å². The number of hydrogen-bond donors (Lipinski definition) is 1. The van der Waals surface area contributed by atoms with Crippen LogP contribution in [-0.2, 0) is 12.6 Å². The molecule has 0 radical (unpaired) electrons. The maximum absolute atomic E-state index is 12.9. The van der Waals surface area contributed by atoms with Crippen LogP contribution in [0.4, 0.5) is 18.9 Å². The smallest absolute Gasteiger partial charge is 0.370 e. The van der Waals surface area contributed by atoms with Crippen LogP contribution in [0.15, 0.2) is 41.8 Å². The van der Waals surface area contributed by atoms with Gasteiger partial charge < -0.3 is 10.6 Å². The topological polar surface area (TPSA) is 29.3 Å². The third-order valence-electron chi connectivity index (χ3n) is 4.18. The Hall–Kier alpha value is -1.53. The summed E-state index contributed by atoms with van der Waals surface area (Å²) in [5.41, 5.74) is 6.14. The second-order valence-electron chi connectivity index (χ2n) is 6.10. The van der Waals surface area contributed by atoms with Gasteiger partial charge in [0.15, 0.2) is 0 Å². The van der Waals surface area contributed by atoms with E-state index in [0.29, 0.717) is 18.2 Å². The van der Waals surface area contributed by atoms with Crippen molar-refractivity contribution in [2.24, 2.45) is 11.7 Å². The van der Waals surface area contributed by atoms with Gasteiger partial charge in [0.2, 0.25) is 0 Å². The van der Waals surface area contributed by atoms with E-state index in [1.807, 2.05) is 16.3 Å². The largest absolute Gasteiger partial charge is 0.416 e. The van der Waals surface area contributed by atoms with Gasteiger partial charge in [0.05, 0.1) is 5.56 Å². The van der Waals surface area contributed by atoms with Gasteiger partial charge in [-0.3, -0.25) is 0 Å². The van der Waals surface area contributed by atoms with E-state index in [1.165, 1.54) is 17.0 Å². The van der Waals surface area contributed by atoms with E-state index >= 15 is 0 Å². The Kier molecular flexibility index (Phi) is 4.64. The molecule has 2 N–H and O–H groups in total. The van der Waals surface area contributed by atoms with Crippen molar-refractivity contribution < 1.29 is 13.2 Å². The molecule has 0 bridgehead atoms. The number of thiophene rings is 1. The number of rotatable bonds is 3. The van der Waals surface area contributed by atoms with E-state index in [2.05, 4.69) is 6.07 Å². The molecule has 2 unspecified atom stereocenters. The molecular formula is C17H19F3N2S. The van der Waals surface area contributed by atoms with Crippen LogP contribution in [-0.4, -0.2) is 19.1 Å². The number of benzene rings is 1. The fraction of sp³-hybridized carbons (Fsp3) is 0.412. The van der Waals surface area contributed by atoms with Crippen LogP contribution >= 0.6 is 11.3 Å². The molecule has 1 aliphatic rings. The van der Waals surface area contributed by atoms with Gasteiger partial charge in [-0.15, -0.1) is 11.3 Å². The molecule has 0 spiro atoms. The Morgan fingerprint density at radius 2 is 2.00 bits per heavy atom. The van der Waals surface area contributed by atoms with Gasteiger partial charge in [0.1, 0.15) is 0 Å². The first-order valence-corrected chi connectivity index (χ1v) is 8.50. The van der Waals surface area contributed by atoms with E-state index in [4.69, 9.17) is 5.73 Å². The molecule has 2 atom stereocenters. The third-order valence-corrected chi connectivity index (χ3v) is 5.08. The predicted molar refractivity (Wildman–Crippen MR) is 87.8 cm³/mol. The Labute approximate surface area is 137 Å². The van der Waals surface area contributed by atoms with Gasteiger partial charge >= 0.3 is 6.18 Å². The highest BCUT2D eigenvalue weighted by atomic mass is 32.1. The molecule has 1 aliphatic heterocycles. The fourth-order valence-corrected chi connectivity index (χ4v) is 4.02. The second-order valence-corrected chi connectivity index (χ2v) is 7.13. The Morgan fingerprint density at radius 1 is 1.17 bits per heavy atom. The summed E-state index contributed by atoms with van der Waals surface area (Å²) in [6.07, 6.45) is -2.47. The molecule has 0 aliphatic carbocycles. The zero-order valence-corrected chi connectivity index (χ0v) is 13.4. The number of anilines is 1. The Bertz CT molecular complexity index is 640. The monoisotopic (exact) mass is 340 g/mol. The first-order chi connectivity index (χ1) is 10.9. The minimum absolute atomic E-state index is 0.0109. The second kappa shape index (κ2) is 6.53. The summed E-state index contributed by atoms with van der Waals surface area (Å²) in [4.78, 5) is 3.29. The van der Waals surface area contributed by atoms with Crippen molar-refractivity contribution in [1.29, 1.82) is 0 Å². The number of alkyl halides is 3. The summed E-state index contributed by atoms with van der Waals surface area (Å²) < 4.78 is 38.7. The zero-order valence-electron chi connectivity index (χ0n) is 12.6. The molecule has 1 fully saturated rings. The van der Waals surface area contributed by atoms with E-state index in [-0.39, 0.29) is 6.04 Å². The van der Waals surface area contributed by atoms with Gasteiger partial charge in [-0.25, -0.2) is 0 Å². The first kappa shape index (κ1) is 16.3. The number of hydrogen-bond acceptors (Lipinski definition) is 3. The molecular weight excluding hydrogens is 321 g/mol. The van der Waals surface area contributed by atoms with Crippen molar-refractivity contribution in [1.82, 2.24) is 0 Å². The van der Waals surface area contributed by atoms with Crippen molar-refractivity contribution >= 4 is 17.0 Å². The maximum Gasteiger partial charge on any atom is 0.416 e. The van der Waals surface area contributed by atoms with Crippen LogP contribution in [0, 0.1) is 5.92 Å². The number of piperidine rings is 1. The maximum atomic E-state index is 12.9. The lowest BCUT2D eigenvalue weighted by atomic mass is 9.91. The molecule has 3 rings (SSSR count). The Balaban J connectivity index is 1.76. The van der Waals surface area contributed by atoms with E-state index in [1.54, 1.807) is 17.4 Å². The van der Waals surface area contributed by atoms with Gasteiger partial charge in [-0.2, -0.15) is 13.2 Å². The average Bonchev–Trinajstić information content (AvgIpc) is 2.99. The summed E-state index contributed by atoms with van der Waals surface area (Å²) in [5.74, 6) is 0.368. The van der Waals surface area contributed by atoms with E-state index in [9.17, 15) is 13.2 Å². The molecule has 2 nitrogen and oxygen atoms in total. The van der Waals surface area contributed by atoms with Crippen LogP contribution in [0.5, 0.6) is 0 Å². The highest BCUT2D eigenvalue weighted by molar-refractivity contribution is 7.09. The average molecular weight is 340 g/mol. The van der Waals surface area contributed by atoms with E-state index < -0.39 is 11.7 Å². The van der Waals surface area contributed by atoms with Crippen molar-refractivity contribution in [2.75, 3.05) is 18.0 Å². The van der Waals surface area contributed by atoms with E-state index in [0.717, 1.165) is 25.5 Å². The van der Waals surface area contributed by atoms with Gasteiger partial charge in [-0.1, -0.05) is 12.1 Å². The van der Waals surface area contributed by atoms with Gasteiger partial charge in [0.25, 0.3) is 0 Å². The predicted octanol–water partition coefficient (Wildman–Crippen LogP) is 4.16. The third kappa shape index (κ3) is 4.06. The summed E-state index contributed by atoms with van der Waals surface area (Å²) >= 11 is 1.71. The summed E-state index contributed by atoms with van der Waals surface area (Å²) in [6.45, 7) is 1.34. The lowest BCUT2D eigenvalue weighted by Gasteiger charge is -2.38. The number of halogens is 3. The molecule has 1 aromatic heterocycles.